The second-order valence-electron chi connectivity index (χ2n) is 4.70. The molecular weight excluding hydrogens is 222 g/mol. The number of amides is 1. The predicted octanol–water partition coefficient (Wildman–Crippen LogP) is 1.65. The quantitative estimate of drug-likeness (QED) is 0.798. The fourth-order valence-electron chi connectivity index (χ4n) is 2.37. The van der Waals surface area contributed by atoms with E-state index in [1.54, 1.807) is 0 Å². The van der Waals surface area contributed by atoms with Gasteiger partial charge in [0.25, 0.3) is 0 Å². The van der Waals surface area contributed by atoms with Crippen LogP contribution in [0, 0.1) is 0 Å². The normalized spacial score (nSPS) is 25.4. The summed E-state index contributed by atoms with van der Waals surface area (Å²) in [6.45, 7) is 0.936. The Morgan fingerprint density at radius 3 is 2.62 bits per heavy atom. The first-order valence-electron chi connectivity index (χ1n) is 6.36. The van der Waals surface area contributed by atoms with E-state index in [1.165, 1.54) is 12.8 Å². The number of hydrogen-bond donors (Lipinski definition) is 1. The molecule has 1 aliphatic heterocycles. The third kappa shape index (κ3) is 2.72. The first-order valence-corrected chi connectivity index (χ1v) is 7.40. The molecule has 4 heteroatoms. The highest BCUT2D eigenvalue weighted by atomic mass is 32.2. The fraction of sp³-hybridized carbons (Fsp3) is 0.917. The summed E-state index contributed by atoms with van der Waals surface area (Å²) in [7, 11) is 0. The largest absolute Gasteiger partial charge is 0.396 e. The van der Waals surface area contributed by atoms with Gasteiger partial charge in [-0.05, 0) is 44.3 Å². The highest BCUT2D eigenvalue weighted by Gasteiger charge is 2.33. The number of hydrogen-bond acceptors (Lipinski definition) is 3. The van der Waals surface area contributed by atoms with Gasteiger partial charge in [0.15, 0.2) is 0 Å². The number of aliphatic hydroxyl groups is 1. The summed E-state index contributed by atoms with van der Waals surface area (Å²) in [4.78, 5) is 14.4. The lowest BCUT2D eigenvalue weighted by atomic mass is 9.91. The van der Waals surface area contributed by atoms with Gasteiger partial charge in [0, 0.05) is 19.2 Å². The third-order valence-electron chi connectivity index (χ3n) is 3.56. The van der Waals surface area contributed by atoms with Gasteiger partial charge in [-0.25, -0.2) is 0 Å². The molecule has 92 valence electrons. The zero-order chi connectivity index (χ0) is 11.4. The van der Waals surface area contributed by atoms with Crippen molar-refractivity contribution < 1.29 is 9.90 Å². The highest BCUT2D eigenvalue weighted by Crippen LogP contribution is 2.31. The van der Waals surface area contributed by atoms with Gasteiger partial charge in [-0.2, -0.15) is 0 Å². The van der Waals surface area contributed by atoms with Crippen molar-refractivity contribution >= 4 is 17.7 Å². The second kappa shape index (κ2) is 5.92. The SMILES string of the molecule is O=C(C1CCCS1)N(CCCO)C1CCC1. The molecule has 1 atom stereocenters. The minimum absolute atomic E-state index is 0.189. The maximum atomic E-state index is 12.3. The molecule has 3 nitrogen and oxygen atoms in total. The fourth-order valence-corrected chi connectivity index (χ4v) is 3.60. The molecular formula is C12H21NO2S. The summed E-state index contributed by atoms with van der Waals surface area (Å²) in [6, 6.07) is 0.472. The van der Waals surface area contributed by atoms with Gasteiger partial charge < -0.3 is 10.0 Å². The molecule has 2 fully saturated rings. The first-order chi connectivity index (χ1) is 7.83. The van der Waals surface area contributed by atoms with Crippen LogP contribution in [0.15, 0.2) is 0 Å². The molecule has 1 amide bonds. The maximum absolute atomic E-state index is 12.3. The molecule has 1 saturated carbocycles. The van der Waals surface area contributed by atoms with Crippen molar-refractivity contribution in [1.82, 2.24) is 4.90 Å². The van der Waals surface area contributed by atoms with E-state index in [0.29, 0.717) is 11.9 Å². The molecule has 0 aromatic rings. The lowest BCUT2D eigenvalue weighted by Crippen LogP contribution is -2.48. The van der Waals surface area contributed by atoms with Gasteiger partial charge in [-0.3, -0.25) is 4.79 Å². The lowest BCUT2D eigenvalue weighted by molar-refractivity contribution is -0.134. The van der Waals surface area contributed by atoms with Crippen molar-refractivity contribution in [3.8, 4) is 0 Å². The minimum atomic E-state index is 0.189. The topological polar surface area (TPSA) is 40.5 Å². The molecule has 1 heterocycles. The molecule has 0 radical (unpaired) electrons. The van der Waals surface area contributed by atoms with Crippen LogP contribution >= 0.6 is 11.8 Å². The van der Waals surface area contributed by atoms with Crippen molar-refractivity contribution in [3.05, 3.63) is 0 Å². The third-order valence-corrected chi connectivity index (χ3v) is 4.92. The average Bonchev–Trinajstić information content (AvgIpc) is 2.73. The minimum Gasteiger partial charge on any atom is -0.396 e. The van der Waals surface area contributed by atoms with Crippen molar-refractivity contribution in [3.63, 3.8) is 0 Å². The summed E-state index contributed by atoms with van der Waals surface area (Å²) < 4.78 is 0. The Bertz CT molecular complexity index is 237. The van der Waals surface area contributed by atoms with Crippen LogP contribution in [-0.4, -0.2) is 46.1 Å². The molecule has 1 saturated heterocycles. The Morgan fingerprint density at radius 2 is 2.12 bits per heavy atom. The van der Waals surface area contributed by atoms with E-state index in [0.717, 1.165) is 38.0 Å². The van der Waals surface area contributed by atoms with E-state index >= 15 is 0 Å². The van der Waals surface area contributed by atoms with E-state index < -0.39 is 0 Å². The van der Waals surface area contributed by atoms with E-state index in [4.69, 9.17) is 5.11 Å². The molecule has 1 N–H and O–H groups in total. The van der Waals surface area contributed by atoms with Gasteiger partial charge in [-0.1, -0.05) is 0 Å². The van der Waals surface area contributed by atoms with Crippen LogP contribution in [0.25, 0.3) is 0 Å². The van der Waals surface area contributed by atoms with E-state index in [-0.39, 0.29) is 11.9 Å². The molecule has 0 aromatic carbocycles. The molecule has 0 bridgehead atoms. The average molecular weight is 243 g/mol. The molecule has 1 aliphatic carbocycles. The van der Waals surface area contributed by atoms with Crippen molar-refractivity contribution in [2.24, 2.45) is 0 Å². The van der Waals surface area contributed by atoms with Gasteiger partial charge in [0.2, 0.25) is 5.91 Å². The molecule has 2 aliphatic rings. The van der Waals surface area contributed by atoms with Crippen LogP contribution in [0.4, 0.5) is 0 Å². The molecule has 0 spiro atoms. The van der Waals surface area contributed by atoms with Crippen LogP contribution in [0.2, 0.25) is 0 Å². The summed E-state index contributed by atoms with van der Waals surface area (Å²) in [5.41, 5.74) is 0. The summed E-state index contributed by atoms with van der Waals surface area (Å²) in [6.07, 6.45) is 6.53. The zero-order valence-electron chi connectivity index (χ0n) is 9.73. The van der Waals surface area contributed by atoms with Crippen LogP contribution in [-0.2, 0) is 4.79 Å². The van der Waals surface area contributed by atoms with E-state index in [9.17, 15) is 4.79 Å². The molecule has 1 unspecified atom stereocenters. The van der Waals surface area contributed by atoms with Gasteiger partial charge >= 0.3 is 0 Å². The number of thioether (sulfide) groups is 1. The number of nitrogens with zero attached hydrogens (tertiary/aromatic N) is 1. The number of aliphatic hydroxyl groups excluding tert-OH is 1. The smallest absolute Gasteiger partial charge is 0.235 e. The second-order valence-corrected chi connectivity index (χ2v) is 6.01. The first kappa shape index (κ1) is 12.2. The lowest BCUT2D eigenvalue weighted by Gasteiger charge is -2.38. The Morgan fingerprint density at radius 1 is 1.31 bits per heavy atom. The van der Waals surface area contributed by atoms with E-state index in [1.807, 2.05) is 16.7 Å². The van der Waals surface area contributed by atoms with E-state index in [2.05, 4.69) is 0 Å². The summed E-state index contributed by atoms with van der Waals surface area (Å²) in [5.74, 6) is 1.47. The predicted molar refractivity (Wildman–Crippen MR) is 66.5 cm³/mol. The molecule has 2 rings (SSSR count). The van der Waals surface area contributed by atoms with Gasteiger partial charge in [0.05, 0.1) is 5.25 Å². The van der Waals surface area contributed by atoms with Crippen LogP contribution in [0.3, 0.4) is 0 Å². The summed E-state index contributed by atoms with van der Waals surface area (Å²) >= 11 is 1.81. The van der Waals surface area contributed by atoms with Crippen molar-refractivity contribution in [1.29, 1.82) is 0 Å². The number of carbonyl (C=O) groups excluding carboxylic acids is 1. The van der Waals surface area contributed by atoms with Crippen LogP contribution < -0.4 is 0 Å². The van der Waals surface area contributed by atoms with Gasteiger partial charge in [0.1, 0.15) is 0 Å². The highest BCUT2D eigenvalue weighted by molar-refractivity contribution is 8.00. The Balaban J connectivity index is 1.90. The number of carbonyl (C=O) groups is 1. The summed E-state index contributed by atoms with van der Waals surface area (Å²) in [5, 5.41) is 9.10. The standard InChI is InChI=1S/C12H21NO2S/c14-8-3-7-13(10-4-1-5-10)12(15)11-6-2-9-16-11/h10-11,14H,1-9H2. The zero-order valence-corrected chi connectivity index (χ0v) is 10.5. The molecule has 0 aromatic heterocycles. The monoisotopic (exact) mass is 243 g/mol. The number of rotatable bonds is 5. The Labute approximate surface area is 102 Å². The van der Waals surface area contributed by atoms with Crippen molar-refractivity contribution in [2.45, 2.75) is 49.8 Å². The Kier molecular flexibility index (Phi) is 4.53. The van der Waals surface area contributed by atoms with Crippen LogP contribution in [0.1, 0.15) is 38.5 Å². The molecule has 16 heavy (non-hydrogen) atoms. The van der Waals surface area contributed by atoms with Crippen molar-refractivity contribution in [2.75, 3.05) is 18.9 Å². The van der Waals surface area contributed by atoms with Crippen LogP contribution in [0.5, 0.6) is 0 Å². The maximum Gasteiger partial charge on any atom is 0.235 e. The van der Waals surface area contributed by atoms with Gasteiger partial charge in [-0.15, -0.1) is 11.8 Å². The Hall–Kier alpha value is -0.220.